The molecular weight excluding hydrogens is 781 g/mol. The standard InChI is InChI=1S/C50H86N6O6/c1-35-12-17-44(59)55(33-42(57)51-47(2,3)4)26-10-24-53-28-30-54(31-29-53)25-11-27-56(34-43(58)52-48(5,6)7)45(60)18-19-46(61)62-37-20-22-49(8)36(32-37)13-14-38-40-16-15-39(35)50(40,9)23-21-41(38)49/h35-41H,10-34H2,1-9H3,(H,51,57)(H,52,58)/t35-,36-,37-,38+,39?,40+,41?,49?,50?/m1/s1. The van der Waals surface area contributed by atoms with Crippen molar-refractivity contribution >= 4 is 29.6 Å². The van der Waals surface area contributed by atoms with E-state index in [1.54, 1.807) is 4.90 Å². The van der Waals surface area contributed by atoms with E-state index in [4.69, 9.17) is 4.74 Å². The number of hydrogen-bond acceptors (Lipinski definition) is 8. The molecule has 2 N–H and O–H groups in total. The number of amides is 4. The van der Waals surface area contributed by atoms with Crippen LogP contribution < -0.4 is 10.6 Å². The third-order valence-electron chi connectivity index (χ3n) is 16.7. The summed E-state index contributed by atoms with van der Waals surface area (Å²) in [6.07, 6.45) is 13.2. The van der Waals surface area contributed by atoms with Gasteiger partial charge in [-0.25, -0.2) is 0 Å². The van der Waals surface area contributed by atoms with Crippen molar-refractivity contribution in [2.75, 3.05) is 65.4 Å². The summed E-state index contributed by atoms with van der Waals surface area (Å²) in [5.41, 5.74) is -0.228. The fourth-order valence-electron chi connectivity index (χ4n) is 13.7. The van der Waals surface area contributed by atoms with Crippen LogP contribution in [0.4, 0.5) is 0 Å². The highest BCUT2D eigenvalue weighted by Gasteiger charge is 2.60. The molecule has 12 rings (SSSR count). The Morgan fingerprint density at radius 2 is 1.13 bits per heavy atom. The number of ether oxygens (including phenoxy) is 1. The van der Waals surface area contributed by atoms with E-state index in [2.05, 4.69) is 41.2 Å². The molecule has 12 heteroatoms. The second-order valence-electron chi connectivity index (χ2n) is 23.4. The van der Waals surface area contributed by atoms with Gasteiger partial charge in [0.15, 0.2) is 0 Å². The predicted octanol–water partition coefficient (Wildman–Crippen LogP) is 6.65. The number of carbonyl (C=O) groups is 5. The van der Waals surface area contributed by atoms with Gasteiger partial charge in [0.2, 0.25) is 23.6 Å². The van der Waals surface area contributed by atoms with Gasteiger partial charge in [0, 0.05) is 63.2 Å². The van der Waals surface area contributed by atoms with Gasteiger partial charge in [0.1, 0.15) is 6.10 Å². The maximum atomic E-state index is 14.1. The molecule has 12 nitrogen and oxygen atoms in total. The average molecular weight is 867 g/mol. The summed E-state index contributed by atoms with van der Waals surface area (Å²) in [5.74, 6) is 3.08. The molecule has 0 aromatic heterocycles. The van der Waals surface area contributed by atoms with E-state index in [-0.39, 0.29) is 72.6 Å². The Labute approximate surface area is 375 Å². The minimum atomic E-state index is -0.413. The van der Waals surface area contributed by atoms with Crippen molar-refractivity contribution in [2.45, 2.75) is 176 Å². The van der Waals surface area contributed by atoms with E-state index in [0.717, 1.165) is 83.7 Å². The molecule has 62 heavy (non-hydrogen) atoms. The average Bonchev–Trinajstić information content (AvgIpc) is 3.54. The maximum Gasteiger partial charge on any atom is 0.306 e. The summed E-state index contributed by atoms with van der Waals surface area (Å²) in [6.45, 7) is 25.7. The quantitative estimate of drug-likeness (QED) is 0.301. The van der Waals surface area contributed by atoms with Crippen LogP contribution in [-0.2, 0) is 28.7 Å². The van der Waals surface area contributed by atoms with Gasteiger partial charge in [0.05, 0.1) is 19.5 Å². The molecule has 352 valence electrons. The van der Waals surface area contributed by atoms with Crippen LogP contribution in [0.5, 0.6) is 0 Å². The summed E-state index contributed by atoms with van der Waals surface area (Å²) in [4.78, 5) is 75.6. The molecule has 12 fully saturated rings. The molecule has 0 aromatic carbocycles. The highest BCUT2D eigenvalue weighted by atomic mass is 16.5. The maximum absolute atomic E-state index is 14.1. The number of hydrogen-bond donors (Lipinski definition) is 2. The lowest BCUT2D eigenvalue weighted by atomic mass is 9.44. The van der Waals surface area contributed by atoms with E-state index in [1.165, 1.54) is 38.5 Å². The first kappa shape index (κ1) is 48.7. The number of nitrogens with zero attached hydrogens (tertiary/aromatic N) is 4. The monoisotopic (exact) mass is 867 g/mol. The minimum Gasteiger partial charge on any atom is -0.462 e. The van der Waals surface area contributed by atoms with E-state index < -0.39 is 5.54 Å². The predicted molar refractivity (Wildman–Crippen MR) is 244 cm³/mol. The molecule has 8 saturated heterocycles. The second-order valence-corrected chi connectivity index (χ2v) is 23.4. The lowest BCUT2D eigenvalue weighted by Crippen LogP contribution is -2.54. The van der Waals surface area contributed by atoms with Crippen LogP contribution in [-0.4, -0.2) is 132 Å². The summed E-state index contributed by atoms with van der Waals surface area (Å²) in [7, 11) is 0. The molecule has 0 spiro atoms. The van der Waals surface area contributed by atoms with Crippen molar-refractivity contribution in [3.8, 4) is 0 Å². The molecule has 10 bridgehead atoms. The van der Waals surface area contributed by atoms with E-state index in [1.807, 2.05) is 46.4 Å². The van der Waals surface area contributed by atoms with Gasteiger partial charge in [-0.2, -0.15) is 0 Å². The fourth-order valence-corrected chi connectivity index (χ4v) is 13.7. The third-order valence-corrected chi connectivity index (χ3v) is 16.7. The number of rotatable bonds is 4. The Hall–Kier alpha value is -2.73. The van der Waals surface area contributed by atoms with E-state index in [9.17, 15) is 24.0 Å². The van der Waals surface area contributed by atoms with Gasteiger partial charge in [-0.1, -0.05) is 20.8 Å². The molecule has 8 aliphatic heterocycles. The molecular formula is C50H86N6O6. The molecule has 0 aromatic rings. The van der Waals surface area contributed by atoms with E-state index in [0.29, 0.717) is 54.5 Å². The van der Waals surface area contributed by atoms with Gasteiger partial charge >= 0.3 is 5.97 Å². The summed E-state index contributed by atoms with van der Waals surface area (Å²) < 4.78 is 6.15. The Bertz CT molecular complexity index is 1580. The molecule has 4 saturated carbocycles. The number of nitrogens with one attached hydrogen (secondary N) is 2. The van der Waals surface area contributed by atoms with Crippen LogP contribution in [0.15, 0.2) is 0 Å². The lowest BCUT2D eigenvalue weighted by molar-refractivity contribution is -0.163. The van der Waals surface area contributed by atoms with Crippen LogP contribution in [0.2, 0.25) is 0 Å². The zero-order valence-electron chi connectivity index (χ0n) is 40.5. The molecule has 4 unspecified atom stereocenters. The first-order chi connectivity index (χ1) is 29.1. The Kier molecular flexibility index (Phi) is 15.9. The van der Waals surface area contributed by atoms with Crippen LogP contribution >= 0.6 is 0 Å². The van der Waals surface area contributed by atoms with Crippen LogP contribution in [0.1, 0.15) is 159 Å². The highest BCUT2D eigenvalue weighted by molar-refractivity contribution is 5.87. The molecule has 0 radical (unpaired) electrons. The van der Waals surface area contributed by atoms with E-state index >= 15 is 0 Å². The van der Waals surface area contributed by atoms with Crippen molar-refractivity contribution in [1.29, 1.82) is 0 Å². The molecule has 4 aliphatic carbocycles. The Balaban J connectivity index is 1.16. The van der Waals surface area contributed by atoms with Crippen molar-refractivity contribution in [2.24, 2.45) is 46.3 Å². The second kappa shape index (κ2) is 20.2. The van der Waals surface area contributed by atoms with Crippen molar-refractivity contribution < 1.29 is 28.7 Å². The van der Waals surface area contributed by atoms with Gasteiger partial charge < -0.3 is 35.0 Å². The number of carbonyl (C=O) groups excluding carboxylic acids is 5. The smallest absolute Gasteiger partial charge is 0.306 e. The first-order valence-corrected chi connectivity index (χ1v) is 25.0. The van der Waals surface area contributed by atoms with Crippen LogP contribution in [0.25, 0.3) is 0 Å². The summed E-state index contributed by atoms with van der Waals surface area (Å²) >= 11 is 0. The topological polar surface area (TPSA) is 132 Å². The van der Waals surface area contributed by atoms with Gasteiger partial charge in [-0.05, 0) is 178 Å². The minimum absolute atomic E-state index is 0.0267. The van der Waals surface area contributed by atoms with Gasteiger partial charge in [-0.15, -0.1) is 0 Å². The number of piperazine rings is 1. The summed E-state index contributed by atoms with van der Waals surface area (Å²) in [6, 6.07) is 0. The highest BCUT2D eigenvalue weighted by Crippen LogP contribution is 2.68. The van der Waals surface area contributed by atoms with Gasteiger partial charge in [-0.3, -0.25) is 24.0 Å². The number of esters is 1. The lowest BCUT2D eigenvalue weighted by Gasteiger charge is -2.61. The normalized spacial score (nSPS) is 37.3. The van der Waals surface area contributed by atoms with Crippen LogP contribution in [0, 0.1) is 46.3 Å². The van der Waals surface area contributed by atoms with Crippen LogP contribution in [0.3, 0.4) is 0 Å². The molecule has 9 atom stereocenters. The largest absolute Gasteiger partial charge is 0.462 e. The Morgan fingerprint density at radius 3 is 1.69 bits per heavy atom. The first-order valence-electron chi connectivity index (χ1n) is 25.0. The molecule has 8 heterocycles. The summed E-state index contributed by atoms with van der Waals surface area (Å²) in [5, 5.41) is 6.09. The SMILES string of the molecule is C[C@@H]1CCC(=O)N(CC(=O)NC(C)(C)C)CCCN2CCN(CCCN(CC(=O)NC(C)(C)C)C(=O)CCC(=O)O[C@@H]3CCC4(C)C5CCC6(C)C1CC[C@H]6[C@@H]5CC[C@@H]4C3)CC2. The Morgan fingerprint density at radius 1 is 0.613 bits per heavy atom. The zero-order chi connectivity index (χ0) is 45.0. The molecule has 4 amide bonds. The van der Waals surface area contributed by atoms with Gasteiger partial charge in [0.25, 0.3) is 0 Å². The van der Waals surface area contributed by atoms with Crippen molar-refractivity contribution in [3.05, 3.63) is 0 Å². The van der Waals surface area contributed by atoms with Crippen molar-refractivity contribution in [3.63, 3.8) is 0 Å². The fraction of sp³-hybridized carbons (Fsp3) is 0.900. The molecule has 12 aliphatic rings. The zero-order valence-corrected chi connectivity index (χ0v) is 40.5. The van der Waals surface area contributed by atoms with Crippen molar-refractivity contribution in [1.82, 2.24) is 30.2 Å². The third kappa shape index (κ3) is 12.3.